The molecule has 0 atom stereocenters. The van der Waals surface area contributed by atoms with Crippen molar-refractivity contribution in [2.24, 2.45) is 0 Å². The van der Waals surface area contributed by atoms with Crippen molar-refractivity contribution in [1.82, 2.24) is 5.32 Å². The van der Waals surface area contributed by atoms with Crippen LogP contribution in [0.25, 0.3) is 0 Å². The number of hydrogen-bond acceptors (Lipinski definition) is 2. The number of hydrogen-bond donors (Lipinski definition) is 1. The zero-order valence-corrected chi connectivity index (χ0v) is 11.4. The Bertz CT molecular complexity index is 297. The second kappa shape index (κ2) is 7.75. The van der Waals surface area contributed by atoms with Gasteiger partial charge >= 0.3 is 0 Å². The summed E-state index contributed by atoms with van der Waals surface area (Å²) in [6, 6.07) is 9.27. The Hall–Kier alpha value is -0.470. The molecule has 90 valence electrons. The van der Waals surface area contributed by atoms with Gasteiger partial charge in [-0.05, 0) is 36.8 Å². The zero-order valence-electron chi connectivity index (χ0n) is 10.6. The van der Waals surface area contributed by atoms with Crippen LogP contribution in [0, 0.1) is 6.92 Å². The maximum absolute atomic E-state index is 3.44. The number of benzene rings is 1. The van der Waals surface area contributed by atoms with Crippen LogP contribution in [0.1, 0.15) is 31.4 Å². The molecule has 0 fully saturated rings. The minimum atomic E-state index is 0.612. The van der Waals surface area contributed by atoms with E-state index in [0.717, 1.165) is 12.3 Å². The largest absolute Gasteiger partial charge is 0.315 e. The molecule has 0 aliphatic carbocycles. The van der Waals surface area contributed by atoms with E-state index >= 15 is 0 Å². The van der Waals surface area contributed by atoms with Gasteiger partial charge in [-0.25, -0.2) is 0 Å². The van der Waals surface area contributed by atoms with E-state index in [9.17, 15) is 0 Å². The average molecular weight is 237 g/mol. The lowest BCUT2D eigenvalue weighted by Crippen LogP contribution is -2.23. The van der Waals surface area contributed by atoms with E-state index in [1.165, 1.54) is 23.3 Å². The smallest absolute Gasteiger partial charge is 0.0187 e. The van der Waals surface area contributed by atoms with Crippen molar-refractivity contribution in [3.05, 3.63) is 35.4 Å². The van der Waals surface area contributed by atoms with Crippen LogP contribution in [-0.4, -0.2) is 18.3 Å². The van der Waals surface area contributed by atoms with E-state index in [-0.39, 0.29) is 0 Å². The highest BCUT2D eigenvalue weighted by molar-refractivity contribution is 7.98. The molecule has 2 heteroatoms. The van der Waals surface area contributed by atoms with E-state index < -0.39 is 0 Å². The third-order valence-electron chi connectivity index (χ3n) is 2.54. The monoisotopic (exact) mass is 237 g/mol. The van der Waals surface area contributed by atoms with Crippen LogP contribution < -0.4 is 5.32 Å². The van der Waals surface area contributed by atoms with Gasteiger partial charge in [0.15, 0.2) is 0 Å². The number of rotatable bonds is 7. The highest BCUT2D eigenvalue weighted by Gasteiger charge is 1.97. The number of aryl methyl sites for hydroxylation is 1. The summed E-state index contributed by atoms with van der Waals surface area (Å²) in [7, 11) is 0. The molecular weight excluding hydrogens is 214 g/mol. The molecule has 1 aromatic rings. The van der Waals surface area contributed by atoms with E-state index in [4.69, 9.17) is 0 Å². The Morgan fingerprint density at radius 1 is 1.25 bits per heavy atom. The van der Waals surface area contributed by atoms with Crippen LogP contribution in [-0.2, 0) is 5.75 Å². The lowest BCUT2D eigenvalue weighted by atomic mass is 10.1. The molecule has 0 aliphatic heterocycles. The molecule has 0 saturated heterocycles. The van der Waals surface area contributed by atoms with Gasteiger partial charge in [0, 0.05) is 11.8 Å². The summed E-state index contributed by atoms with van der Waals surface area (Å²) in [5, 5.41) is 3.44. The first-order valence-corrected chi connectivity index (χ1v) is 7.21. The lowest BCUT2D eigenvalue weighted by molar-refractivity contribution is 0.586. The van der Waals surface area contributed by atoms with Crippen molar-refractivity contribution >= 4 is 11.8 Å². The minimum Gasteiger partial charge on any atom is -0.315 e. The van der Waals surface area contributed by atoms with Crippen LogP contribution >= 0.6 is 11.8 Å². The summed E-state index contributed by atoms with van der Waals surface area (Å²) < 4.78 is 0. The second-order valence-electron chi connectivity index (χ2n) is 4.44. The Morgan fingerprint density at radius 3 is 2.69 bits per heavy atom. The maximum Gasteiger partial charge on any atom is 0.0187 e. The first kappa shape index (κ1) is 13.6. The van der Waals surface area contributed by atoms with Gasteiger partial charge in [-0.2, -0.15) is 11.8 Å². The van der Waals surface area contributed by atoms with Gasteiger partial charge in [0.25, 0.3) is 0 Å². The summed E-state index contributed by atoms with van der Waals surface area (Å²) in [6.07, 6.45) is 1.26. The summed E-state index contributed by atoms with van der Waals surface area (Å²) in [5.41, 5.74) is 2.89. The van der Waals surface area contributed by atoms with Crippen molar-refractivity contribution in [1.29, 1.82) is 0 Å². The Balaban J connectivity index is 2.10. The van der Waals surface area contributed by atoms with Crippen molar-refractivity contribution in [2.45, 2.75) is 39.0 Å². The molecule has 1 aromatic carbocycles. The third kappa shape index (κ3) is 5.57. The van der Waals surface area contributed by atoms with Crippen molar-refractivity contribution in [2.75, 3.05) is 12.3 Å². The van der Waals surface area contributed by atoms with Crippen LogP contribution in [0.4, 0.5) is 0 Å². The van der Waals surface area contributed by atoms with Gasteiger partial charge in [0.1, 0.15) is 0 Å². The van der Waals surface area contributed by atoms with Crippen LogP contribution in [0.5, 0.6) is 0 Å². The molecule has 0 unspecified atom stereocenters. The minimum absolute atomic E-state index is 0.612. The Labute approximate surface area is 104 Å². The van der Waals surface area contributed by atoms with E-state index in [2.05, 4.69) is 50.4 Å². The van der Waals surface area contributed by atoms with Crippen LogP contribution in [0.3, 0.4) is 0 Å². The number of nitrogens with one attached hydrogen (secondary N) is 1. The van der Waals surface area contributed by atoms with Gasteiger partial charge in [0.05, 0.1) is 0 Å². The van der Waals surface area contributed by atoms with Crippen molar-refractivity contribution in [3.63, 3.8) is 0 Å². The Morgan fingerprint density at radius 2 is 2.00 bits per heavy atom. The molecule has 0 aromatic heterocycles. The quantitative estimate of drug-likeness (QED) is 0.727. The zero-order chi connectivity index (χ0) is 11.8. The van der Waals surface area contributed by atoms with Gasteiger partial charge in [-0.1, -0.05) is 38.1 Å². The topological polar surface area (TPSA) is 12.0 Å². The summed E-state index contributed by atoms with van der Waals surface area (Å²) in [6.45, 7) is 7.72. The first-order valence-electron chi connectivity index (χ1n) is 6.06. The maximum atomic E-state index is 3.44. The number of thioether (sulfide) groups is 1. The average Bonchev–Trinajstić information content (AvgIpc) is 2.25. The van der Waals surface area contributed by atoms with Crippen LogP contribution in [0.15, 0.2) is 24.3 Å². The molecular formula is C14H23NS. The van der Waals surface area contributed by atoms with E-state index in [0.29, 0.717) is 6.04 Å². The van der Waals surface area contributed by atoms with Gasteiger partial charge < -0.3 is 5.32 Å². The van der Waals surface area contributed by atoms with Crippen LogP contribution in [0.2, 0.25) is 0 Å². The summed E-state index contributed by atoms with van der Waals surface area (Å²) >= 11 is 2.03. The first-order chi connectivity index (χ1) is 7.70. The third-order valence-corrected chi connectivity index (χ3v) is 3.63. The summed E-state index contributed by atoms with van der Waals surface area (Å²) in [5.74, 6) is 2.39. The fourth-order valence-corrected chi connectivity index (χ4v) is 2.56. The van der Waals surface area contributed by atoms with Gasteiger partial charge in [-0.3, -0.25) is 0 Å². The predicted molar refractivity (Wildman–Crippen MR) is 75.1 cm³/mol. The second-order valence-corrected chi connectivity index (χ2v) is 5.55. The molecule has 0 aliphatic rings. The standard InChI is InChI=1S/C14H23NS/c1-12(2)15-9-6-10-16-11-14-8-5-4-7-13(14)3/h4-5,7-8,12,15H,6,9-11H2,1-3H3. The molecule has 1 nitrogen and oxygen atoms in total. The molecule has 0 amide bonds. The fourth-order valence-electron chi connectivity index (χ4n) is 1.52. The molecule has 1 rings (SSSR count). The highest BCUT2D eigenvalue weighted by atomic mass is 32.2. The van der Waals surface area contributed by atoms with Gasteiger partial charge in [0.2, 0.25) is 0 Å². The SMILES string of the molecule is Cc1ccccc1CSCCCNC(C)C. The van der Waals surface area contributed by atoms with E-state index in [1.54, 1.807) is 0 Å². The molecule has 0 saturated carbocycles. The molecule has 0 spiro atoms. The van der Waals surface area contributed by atoms with Crippen molar-refractivity contribution < 1.29 is 0 Å². The molecule has 0 heterocycles. The predicted octanol–water partition coefficient (Wildman–Crippen LogP) is 3.62. The molecule has 0 bridgehead atoms. The lowest BCUT2D eigenvalue weighted by Gasteiger charge is -2.08. The Kier molecular flexibility index (Phi) is 6.58. The summed E-state index contributed by atoms with van der Waals surface area (Å²) in [4.78, 5) is 0. The molecule has 16 heavy (non-hydrogen) atoms. The molecule has 1 N–H and O–H groups in total. The highest BCUT2D eigenvalue weighted by Crippen LogP contribution is 2.16. The molecule has 0 radical (unpaired) electrons. The van der Waals surface area contributed by atoms with E-state index in [1.807, 2.05) is 11.8 Å². The van der Waals surface area contributed by atoms with Crippen molar-refractivity contribution in [3.8, 4) is 0 Å². The fraction of sp³-hybridized carbons (Fsp3) is 0.571. The van der Waals surface area contributed by atoms with Gasteiger partial charge in [-0.15, -0.1) is 0 Å². The normalized spacial score (nSPS) is 11.0.